The van der Waals surface area contributed by atoms with E-state index >= 15 is 0 Å². The van der Waals surface area contributed by atoms with Crippen molar-refractivity contribution in [3.05, 3.63) is 26.7 Å². The van der Waals surface area contributed by atoms with Crippen LogP contribution in [0.4, 0.5) is 0 Å². The van der Waals surface area contributed by atoms with Gasteiger partial charge in [-0.1, -0.05) is 46.1 Å². The van der Waals surface area contributed by atoms with E-state index in [1.807, 2.05) is 25.9 Å². The van der Waals surface area contributed by atoms with Crippen LogP contribution in [0.25, 0.3) is 0 Å². The lowest BCUT2D eigenvalue weighted by atomic mass is 10.4. The van der Waals surface area contributed by atoms with E-state index < -0.39 is 10.0 Å². The molecule has 0 aliphatic heterocycles. The van der Waals surface area contributed by atoms with Gasteiger partial charge in [-0.15, -0.1) is 0 Å². The second kappa shape index (κ2) is 8.13. The van der Waals surface area contributed by atoms with Crippen LogP contribution in [-0.2, 0) is 10.0 Å². The van der Waals surface area contributed by atoms with Crippen LogP contribution < -0.4 is 0 Å². The zero-order valence-electron chi connectivity index (χ0n) is 12.2. The molecule has 0 saturated carbocycles. The van der Waals surface area contributed by atoms with Crippen LogP contribution in [0, 0.1) is 0 Å². The Morgan fingerprint density at radius 1 is 1.10 bits per heavy atom. The fourth-order valence-electron chi connectivity index (χ4n) is 1.82. The zero-order valence-corrected chi connectivity index (χ0v) is 16.2. The Bertz CT molecular complexity index is 571. The number of hydrogen-bond donors (Lipinski definition) is 0. The molecular weight excluding hydrogens is 399 g/mol. The second-order valence-corrected chi connectivity index (χ2v) is 8.51. The molecular formula is C13H19BrCl2N2O2S. The molecule has 0 radical (unpaired) electrons. The van der Waals surface area contributed by atoms with Crippen molar-refractivity contribution in [2.24, 2.45) is 0 Å². The molecule has 120 valence electrons. The van der Waals surface area contributed by atoms with E-state index in [2.05, 4.69) is 15.9 Å². The molecule has 0 unspecified atom stereocenters. The van der Waals surface area contributed by atoms with Gasteiger partial charge in [0.1, 0.15) is 4.90 Å². The summed E-state index contributed by atoms with van der Waals surface area (Å²) in [5, 5.41) is 0.251. The van der Waals surface area contributed by atoms with Crippen LogP contribution >= 0.6 is 39.1 Å². The number of sulfonamides is 1. The number of benzene rings is 1. The molecule has 0 atom stereocenters. The lowest BCUT2D eigenvalue weighted by Crippen LogP contribution is -2.37. The monoisotopic (exact) mass is 416 g/mol. The number of hydrogen-bond acceptors (Lipinski definition) is 3. The Labute approximate surface area is 145 Å². The predicted octanol–water partition coefficient (Wildman–Crippen LogP) is 3.72. The molecule has 8 heteroatoms. The summed E-state index contributed by atoms with van der Waals surface area (Å²) >= 11 is 15.4. The van der Waals surface area contributed by atoms with Crippen LogP contribution in [-0.4, -0.2) is 51.4 Å². The minimum absolute atomic E-state index is 0.0266. The molecule has 0 amide bonds. The van der Waals surface area contributed by atoms with E-state index in [-0.39, 0.29) is 14.9 Å². The molecule has 0 heterocycles. The highest BCUT2D eigenvalue weighted by Crippen LogP contribution is 2.34. The third kappa shape index (κ3) is 5.08. The molecule has 0 N–H and O–H groups in total. The van der Waals surface area contributed by atoms with Gasteiger partial charge in [-0.25, -0.2) is 8.42 Å². The summed E-state index contributed by atoms with van der Waals surface area (Å²) in [5.41, 5.74) is 0. The fraction of sp³-hybridized carbons (Fsp3) is 0.538. The summed E-state index contributed by atoms with van der Waals surface area (Å²) in [6.45, 7) is 3.39. The van der Waals surface area contributed by atoms with Crippen LogP contribution in [0.5, 0.6) is 0 Å². The summed E-state index contributed by atoms with van der Waals surface area (Å²) in [5.74, 6) is 0. The van der Waals surface area contributed by atoms with Gasteiger partial charge in [0.25, 0.3) is 0 Å². The van der Waals surface area contributed by atoms with Crippen molar-refractivity contribution in [1.29, 1.82) is 0 Å². The zero-order chi connectivity index (χ0) is 16.2. The smallest absolute Gasteiger partial charge is 0.246 e. The van der Waals surface area contributed by atoms with E-state index in [9.17, 15) is 8.42 Å². The third-order valence-electron chi connectivity index (χ3n) is 2.83. The topological polar surface area (TPSA) is 40.6 Å². The molecule has 0 aliphatic rings. The maximum Gasteiger partial charge on any atom is 0.246 e. The molecule has 1 aromatic carbocycles. The molecule has 21 heavy (non-hydrogen) atoms. The largest absolute Gasteiger partial charge is 0.308 e. The van der Waals surface area contributed by atoms with E-state index in [0.717, 1.165) is 6.42 Å². The summed E-state index contributed by atoms with van der Waals surface area (Å²) in [7, 11) is 0.0832. The van der Waals surface area contributed by atoms with Crippen LogP contribution in [0.1, 0.15) is 13.3 Å². The SMILES string of the molecule is CCCN(CCN(C)C)S(=O)(=O)c1c(Cl)cc(Br)cc1Cl. The first-order valence-electron chi connectivity index (χ1n) is 6.49. The summed E-state index contributed by atoms with van der Waals surface area (Å²) in [6, 6.07) is 3.08. The Hall–Kier alpha value is 0.150. The third-order valence-corrected chi connectivity index (χ3v) is 6.11. The Kier molecular flexibility index (Phi) is 7.43. The number of nitrogens with zero attached hydrogens (tertiary/aromatic N) is 2. The normalized spacial score (nSPS) is 12.4. The highest BCUT2D eigenvalue weighted by molar-refractivity contribution is 9.10. The van der Waals surface area contributed by atoms with Crippen LogP contribution in [0.3, 0.4) is 0 Å². The van der Waals surface area contributed by atoms with Crippen molar-refractivity contribution in [3.63, 3.8) is 0 Å². The highest BCUT2D eigenvalue weighted by atomic mass is 79.9. The lowest BCUT2D eigenvalue weighted by Gasteiger charge is -2.24. The van der Waals surface area contributed by atoms with Crippen LogP contribution in [0.15, 0.2) is 21.5 Å². The van der Waals surface area contributed by atoms with Gasteiger partial charge in [-0.2, -0.15) is 4.31 Å². The van der Waals surface area contributed by atoms with Gasteiger partial charge >= 0.3 is 0 Å². The van der Waals surface area contributed by atoms with Crippen molar-refractivity contribution in [1.82, 2.24) is 9.21 Å². The fourth-order valence-corrected chi connectivity index (χ4v) is 5.22. The average Bonchev–Trinajstić information content (AvgIpc) is 2.32. The van der Waals surface area contributed by atoms with Gasteiger partial charge in [0, 0.05) is 24.1 Å². The lowest BCUT2D eigenvalue weighted by molar-refractivity contribution is 0.333. The van der Waals surface area contributed by atoms with Crippen molar-refractivity contribution >= 4 is 49.2 Å². The van der Waals surface area contributed by atoms with E-state index in [4.69, 9.17) is 23.2 Å². The first-order valence-corrected chi connectivity index (χ1v) is 9.48. The van der Waals surface area contributed by atoms with Crippen LogP contribution in [0.2, 0.25) is 10.0 Å². The van der Waals surface area contributed by atoms with Crippen molar-refractivity contribution < 1.29 is 8.42 Å². The summed E-state index contributed by atoms with van der Waals surface area (Å²) < 4.78 is 27.7. The molecule has 1 aromatic rings. The molecule has 4 nitrogen and oxygen atoms in total. The number of rotatable bonds is 7. The molecule has 0 bridgehead atoms. The van der Waals surface area contributed by atoms with Gasteiger partial charge in [0.2, 0.25) is 10.0 Å². The Morgan fingerprint density at radius 2 is 1.62 bits per heavy atom. The van der Waals surface area contributed by atoms with Gasteiger partial charge in [0.15, 0.2) is 0 Å². The molecule has 0 saturated heterocycles. The molecule has 0 spiro atoms. The molecule has 0 fully saturated rings. The van der Waals surface area contributed by atoms with E-state index in [1.54, 1.807) is 0 Å². The van der Waals surface area contributed by atoms with Gasteiger partial charge < -0.3 is 4.90 Å². The highest BCUT2D eigenvalue weighted by Gasteiger charge is 2.29. The van der Waals surface area contributed by atoms with Gasteiger partial charge in [-0.05, 0) is 32.6 Å². The van der Waals surface area contributed by atoms with E-state index in [1.165, 1.54) is 16.4 Å². The molecule has 1 rings (SSSR count). The Morgan fingerprint density at radius 3 is 2.05 bits per heavy atom. The summed E-state index contributed by atoms with van der Waals surface area (Å²) in [4.78, 5) is 1.91. The van der Waals surface area contributed by atoms with E-state index in [0.29, 0.717) is 24.1 Å². The molecule has 0 aromatic heterocycles. The van der Waals surface area contributed by atoms with Crippen molar-refractivity contribution in [3.8, 4) is 0 Å². The first kappa shape index (κ1) is 19.2. The van der Waals surface area contributed by atoms with Crippen molar-refractivity contribution in [2.75, 3.05) is 33.7 Å². The predicted molar refractivity (Wildman–Crippen MR) is 91.8 cm³/mol. The standard InChI is InChI=1S/C13H19BrCl2N2O2S/c1-4-5-18(7-6-17(2)3)21(19,20)13-11(15)8-10(14)9-12(13)16/h8-9H,4-7H2,1-3H3. The minimum Gasteiger partial charge on any atom is -0.308 e. The average molecular weight is 418 g/mol. The van der Waals surface area contributed by atoms with Gasteiger partial charge in [0.05, 0.1) is 10.0 Å². The summed E-state index contributed by atoms with van der Waals surface area (Å²) in [6.07, 6.45) is 0.721. The number of likely N-dealkylation sites (N-methyl/N-ethyl adjacent to an activating group) is 1. The second-order valence-electron chi connectivity index (χ2n) is 4.91. The Balaban J connectivity index is 3.23. The van der Waals surface area contributed by atoms with Crippen molar-refractivity contribution in [2.45, 2.75) is 18.2 Å². The number of halogens is 3. The maximum atomic E-state index is 12.8. The first-order chi connectivity index (χ1) is 9.70. The quantitative estimate of drug-likeness (QED) is 0.678. The van der Waals surface area contributed by atoms with Gasteiger partial charge in [-0.3, -0.25) is 0 Å². The minimum atomic E-state index is -3.72. The maximum absolute atomic E-state index is 12.8. The molecule has 0 aliphatic carbocycles.